The third kappa shape index (κ3) is 34.4. The van der Waals surface area contributed by atoms with Crippen molar-refractivity contribution in [2.45, 2.75) is 26.2 Å². The van der Waals surface area contributed by atoms with Crippen LogP contribution in [0.5, 0.6) is 0 Å². The fraction of sp³-hybridized carbons (Fsp3) is 1.00. The molecular formula is C6H14BBr3O. The van der Waals surface area contributed by atoms with E-state index in [1.165, 1.54) is 19.3 Å². The van der Waals surface area contributed by atoms with Gasteiger partial charge in [-0.15, -0.1) is 47.3 Å². The van der Waals surface area contributed by atoms with Crippen molar-refractivity contribution >= 4 is 50.5 Å². The number of unbranched alkanes of at least 4 members (excludes halogenated alkanes) is 2. The molecule has 0 fully saturated rings. The molecule has 0 bridgehead atoms. The summed E-state index contributed by atoms with van der Waals surface area (Å²) in [5, 5.41) is 0. The van der Waals surface area contributed by atoms with Crippen LogP contribution in [0, 0.1) is 0 Å². The fourth-order valence-corrected chi connectivity index (χ4v) is 0.496. The van der Waals surface area contributed by atoms with Gasteiger partial charge in [-0.3, -0.25) is 0 Å². The maximum Gasteiger partial charge on any atom is 0.369 e. The molecular weight excluding hydrogens is 339 g/mol. The predicted molar refractivity (Wildman–Crippen MR) is 63.9 cm³/mol. The van der Waals surface area contributed by atoms with Gasteiger partial charge in [0, 0.05) is 13.7 Å². The number of ether oxygens (including phenoxy) is 1. The Labute approximate surface area is 94.6 Å². The van der Waals surface area contributed by atoms with E-state index in [4.69, 9.17) is 4.74 Å². The second-order valence-corrected chi connectivity index (χ2v) is 8.38. The first kappa shape index (κ1) is 15.0. The first-order chi connectivity index (χ1) is 5.15. The van der Waals surface area contributed by atoms with E-state index in [1.54, 1.807) is 7.11 Å². The van der Waals surface area contributed by atoms with Crippen molar-refractivity contribution in [2.75, 3.05) is 13.7 Å². The molecule has 0 rings (SSSR count). The standard InChI is InChI=1S/C6H14O.BBr3/c1-3-4-5-6-7-2;2-1(3)4/h3-6H2,1-2H3;. The third-order valence-corrected chi connectivity index (χ3v) is 0.952. The summed E-state index contributed by atoms with van der Waals surface area (Å²) < 4.78 is 5.11. The van der Waals surface area contributed by atoms with Gasteiger partial charge in [-0.2, -0.15) is 0 Å². The van der Waals surface area contributed by atoms with E-state index in [2.05, 4.69) is 54.2 Å². The molecule has 0 aliphatic carbocycles. The zero-order valence-electron chi connectivity index (χ0n) is 6.95. The quantitative estimate of drug-likeness (QED) is 0.549. The highest BCUT2D eigenvalue weighted by Gasteiger charge is 1.87. The molecule has 1 nitrogen and oxygen atoms in total. The van der Waals surface area contributed by atoms with Crippen LogP contribution in [0.1, 0.15) is 26.2 Å². The van der Waals surface area contributed by atoms with Crippen molar-refractivity contribution in [2.24, 2.45) is 0 Å². The number of methoxy groups -OCH3 is 1. The molecule has 0 aromatic heterocycles. The highest BCUT2D eigenvalue weighted by molar-refractivity contribution is 9.69. The molecule has 0 saturated heterocycles. The van der Waals surface area contributed by atoms with E-state index in [9.17, 15) is 0 Å². The van der Waals surface area contributed by atoms with E-state index in [1.807, 2.05) is 0 Å². The minimum absolute atomic E-state index is 0.271. The molecule has 5 heteroatoms. The average molecular weight is 353 g/mol. The fourth-order valence-electron chi connectivity index (χ4n) is 0.496. The van der Waals surface area contributed by atoms with Crippen LogP contribution in [0.15, 0.2) is 0 Å². The van der Waals surface area contributed by atoms with Crippen molar-refractivity contribution in [3.8, 4) is 0 Å². The molecule has 11 heavy (non-hydrogen) atoms. The van der Waals surface area contributed by atoms with Crippen LogP contribution < -0.4 is 0 Å². The van der Waals surface area contributed by atoms with Gasteiger partial charge in [0.05, 0.1) is 0 Å². The Kier molecular flexibility index (Phi) is 19.1. The highest BCUT2D eigenvalue weighted by Crippen LogP contribution is 2.07. The zero-order chi connectivity index (χ0) is 9.11. The van der Waals surface area contributed by atoms with Gasteiger partial charge in [0.25, 0.3) is 0 Å². The molecule has 68 valence electrons. The van der Waals surface area contributed by atoms with Gasteiger partial charge in [0.2, 0.25) is 0 Å². The van der Waals surface area contributed by atoms with Gasteiger partial charge in [-0.05, 0) is 6.42 Å². The maximum atomic E-state index is 4.84. The summed E-state index contributed by atoms with van der Waals surface area (Å²) in [6.07, 6.45) is 3.80. The molecule has 0 aromatic rings. The van der Waals surface area contributed by atoms with E-state index >= 15 is 0 Å². The Morgan fingerprint density at radius 1 is 1.18 bits per heavy atom. The van der Waals surface area contributed by atoms with Crippen LogP contribution in [0.2, 0.25) is 0 Å². The molecule has 0 N–H and O–H groups in total. The first-order valence-electron chi connectivity index (χ1n) is 3.56. The number of rotatable bonds is 4. The summed E-state index contributed by atoms with van der Waals surface area (Å²) in [7, 11) is 1.75. The lowest BCUT2D eigenvalue weighted by molar-refractivity contribution is 0.192. The number of halogens is 3. The summed E-state index contributed by atoms with van der Waals surface area (Å²) in [6.45, 7) is 3.11. The van der Waals surface area contributed by atoms with Crippen LogP contribution >= 0.6 is 47.3 Å². The molecule has 0 atom stereocenters. The molecule has 0 aliphatic heterocycles. The second kappa shape index (κ2) is 14.0. The third-order valence-electron chi connectivity index (χ3n) is 0.952. The Bertz CT molecular complexity index is 57.0. The smallest absolute Gasteiger partial charge is 0.369 e. The number of hydrogen-bond acceptors (Lipinski definition) is 1. The Balaban J connectivity index is 0. The molecule has 0 amide bonds. The Morgan fingerprint density at radius 3 is 1.91 bits per heavy atom. The van der Waals surface area contributed by atoms with Crippen molar-refractivity contribution in [1.82, 2.24) is 0 Å². The Hall–Kier alpha value is 1.46. The van der Waals surface area contributed by atoms with E-state index in [-0.39, 0.29) is 3.18 Å². The van der Waals surface area contributed by atoms with Crippen LogP contribution in [-0.2, 0) is 4.74 Å². The number of hydrogen-bond donors (Lipinski definition) is 0. The van der Waals surface area contributed by atoms with Crippen molar-refractivity contribution in [1.29, 1.82) is 0 Å². The minimum atomic E-state index is 0.271. The van der Waals surface area contributed by atoms with Gasteiger partial charge in [0.15, 0.2) is 0 Å². The molecule has 0 spiro atoms. The lowest BCUT2D eigenvalue weighted by atomic mass is 10.3. The zero-order valence-corrected chi connectivity index (χ0v) is 11.7. The predicted octanol–water partition coefficient (Wildman–Crippen LogP) is 3.98. The van der Waals surface area contributed by atoms with Crippen LogP contribution in [0.4, 0.5) is 0 Å². The van der Waals surface area contributed by atoms with Crippen LogP contribution in [-0.4, -0.2) is 16.9 Å². The average Bonchev–Trinajstić information content (AvgIpc) is 1.88. The lowest BCUT2D eigenvalue weighted by Crippen LogP contribution is -1.85. The van der Waals surface area contributed by atoms with Gasteiger partial charge in [0.1, 0.15) is 0 Å². The van der Waals surface area contributed by atoms with Crippen LogP contribution in [0.25, 0.3) is 0 Å². The monoisotopic (exact) mass is 350 g/mol. The van der Waals surface area contributed by atoms with Crippen molar-refractivity contribution in [3.63, 3.8) is 0 Å². The summed E-state index contributed by atoms with van der Waals surface area (Å²) in [5.74, 6) is 0. The molecule has 0 aliphatic rings. The normalized spacial score (nSPS) is 8.45. The lowest BCUT2D eigenvalue weighted by Gasteiger charge is -1.92. The SMILES string of the molecule is BrB(Br)Br.CCCCCOC. The van der Waals surface area contributed by atoms with E-state index < -0.39 is 0 Å². The summed E-state index contributed by atoms with van der Waals surface area (Å²) in [6, 6.07) is 0. The topological polar surface area (TPSA) is 9.23 Å². The molecule has 0 saturated carbocycles. The van der Waals surface area contributed by atoms with Gasteiger partial charge in [-0.1, -0.05) is 19.8 Å². The molecule has 0 unspecified atom stereocenters. The van der Waals surface area contributed by atoms with E-state index in [0.717, 1.165) is 6.61 Å². The van der Waals surface area contributed by atoms with Crippen LogP contribution in [0.3, 0.4) is 0 Å². The highest BCUT2D eigenvalue weighted by atomic mass is 79.9. The molecule has 0 radical (unpaired) electrons. The van der Waals surface area contributed by atoms with Crippen molar-refractivity contribution in [3.05, 3.63) is 0 Å². The second-order valence-electron chi connectivity index (χ2n) is 1.95. The summed E-state index contributed by atoms with van der Waals surface area (Å²) in [5.41, 5.74) is 0. The Morgan fingerprint density at radius 2 is 1.64 bits per heavy atom. The maximum absolute atomic E-state index is 4.84. The van der Waals surface area contributed by atoms with Gasteiger partial charge >= 0.3 is 3.18 Å². The molecule has 0 heterocycles. The largest absolute Gasteiger partial charge is 0.385 e. The summed E-state index contributed by atoms with van der Waals surface area (Å²) >= 11 is 9.31. The van der Waals surface area contributed by atoms with Gasteiger partial charge < -0.3 is 4.74 Å². The van der Waals surface area contributed by atoms with E-state index in [0.29, 0.717) is 0 Å². The molecule has 0 aromatic carbocycles. The summed E-state index contributed by atoms with van der Waals surface area (Å²) in [4.78, 5) is 0. The first-order valence-corrected chi connectivity index (χ1v) is 6.31. The minimum Gasteiger partial charge on any atom is -0.385 e. The van der Waals surface area contributed by atoms with Gasteiger partial charge in [-0.25, -0.2) is 0 Å². The van der Waals surface area contributed by atoms with Crippen molar-refractivity contribution < 1.29 is 4.74 Å².